The van der Waals surface area contributed by atoms with Gasteiger partial charge in [-0.15, -0.1) is 0 Å². The zero-order valence-electron chi connectivity index (χ0n) is 18.3. The zero-order valence-corrected chi connectivity index (χ0v) is 20.0. The van der Waals surface area contributed by atoms with Crippen LogP contribution in [0.1, 0.15) is 0 Å². The fourth-order valence-corrected chi connectivity index (χ4v) is 5.52. The van der Waals surface area contributed by atoms with E-state index in [0.717, 1.165) is 18.4 Å². The number of ether oxygens (including phenoxy) is 2. The van der Waals surface area contributed by atoms with Crippen molar-refractivity contribution in [3.8, 4) is 5.75 Å². The van der Waals surface area contributed by atoms with Gasteiger partial charge in [-0.05, 0) is 30.3 Å². The maximum Gasteiger partial charge on any atom is 0.245 e. The highest BCUT2D eigenvalue weighted by atomic mass is 32.2. The number of hydrogen-bond donors (Lipinski definition) is 1. The summed E-state index contributed by atoms with van der Waals surface area (Å²) in [7, 11) is -6.63. The highest BCUT2D eigenvalue weighted by Crippen LogP contribution is 2.29. The second-order valence-corrected chi connectivity index (χ2v) is 11.1. The van der Waals surface area contributed by atoms with Gasteiger partial charge in [0.1, 0.15) is 12.3 Å². The fourth-order valence-electron chi connectivity index (χ4n) is 3.24. The smallest absolute Gasteiger partial charge is 0.245 e. The molecule has 1 aliphatic rings. The van der Waals surface area contributed by atoms with E-state index >= 15 is 0 Å². The number of nitrogens with zero attached hydrogens (tertiary/aromatic N) is 2. The minimum Gasteiger partial charge on any atom is -0.495 e. The van der Waals surface area contributed by atoms with Crippen molar-refractivity contribution >= 4 is 37.3 Å². The van der Waals surface area contributed by atoms with Crippen molar-refractivity contribution in [3.05, 3.63) is 48.0 Å². The number of carbonyl (C=O) groups excluding carboxylic acids is 1. The summed E-state index contributed by atoms with van der Waals surface area (Å²) < 4.78 is 89.4. The first kappa shape index (κ1) is 25.8. The van der Waals surface area contributed by atoms with Gasteiger partial charge in [0, 0.05) is 19.2 Å². The number of hydrogen-bond acceptors (Lipinski definition) is 7. The summed E-state index contributed by atoms with van der Waals surface area (Å²) >= 11 is 0. The third kappa shape index (κ3) is 5.81. The number of anilines is 2. The van der Waals surface area contributed by atoms with Crippen molar-refractivity contribution in [2.75, 3.05) is 55.8 Å². The summed E-state index contributed by atoms with van der Waals surface area (Å²) in [6, 6.07) is 6.28. The highest BCUT2D eigenvalue weighted by Gasteiger charge is 2.28. The third-order valence-electron chi connectivity index (χ3n) is 4.93. The van der Waals surface area contributed by atoms with Gasteiger partial charge in [0.05, 0.1) is 42.8 Å². The van der Waals surface area contributed by atoms with E-state index in [0.29, 0.717) is 10.4 Å². The van der Waals surface area contributed by atoms with Crippen LogP contribution in [0.5, 0.6) is 5.75 Å². The minimum absolute atomic E-state index is 0.0134. The topological polar surface area (TPSA) is 122 Å². The molecule has 14 heteroatoms. The predicted molar refractivity (Wildman–Crippen MR) is 120 cm³/mol. The molecule has 0 unspecified atom stereocenters. The number of carbonyl (C=O) groups is 1. The van der Waals surface area contributed by atoms with Gasteiger partial charge in [0.2, 0.25) is 26.0 Å². The Labute approximate surface area is 196 Å². The molecule has 1 N–H and O–H groups in total. The van der Waals surface area contributed by atoms with Gasteiger partial charge in [-0.1, -0.05) is 0 Å². The molecule has 1 saturated heterocycles. The van der Waals surface area contributed by atoms with Crippen molar-refractivity contribution in [1.82, 2.24) is 4.31 Å². The number of nitrogens with one attached hydrogen (secondary N) is 1. The molecule has 34 heavy (non-hydrogen) atoms. The van der Waals surface area contributed by atoms with Gasteiger partial charge >= 0.3 is 0 Å². The predicted octanol–water partition coefficient (Wildman–Crippen LogP) is 1.40. The maximum absolute atomic E-state index is 13.6. The van der Waals surface area contributed by atoms with Gasteiger partial charge < -0.3 is 14.8 Å². The van der Waals surface area contributed by atoms with Gasteiger partial charge in [-0.2, -0.15) is 4.31 Å². The van der Waals surface area contributed by atoms with E-state index < -0.39 is 44.1 Å². The molecule has 186 valence electrons. The van der Waals surface area contributed by atoms with Crippen LogP contribution >= 0.6 is 0 Å². The molecule has 0 atom stereocenters. The van der Waals surface area contributed by atoms with Crippen molar-refractivity contribution in [1.29, 1.82) is 0 Å². The zero-order chi connectivity index (χ0) is 25.1. The molecule has 3 rings (SSSR count). The SMILES string of the molecule is COc1ccc(S(=O)(=O)N2CCOCC2)cc1NC(=O)CN(c1ccc(F)c(F)c1)S(C)(=O)=O. The molecule has 0 spiro atoms. The number of rotatable bonds is 8. The molecule has 0 radical (unpaired) electrons. The molecule has 1 heterocycles. The van der Waals surface area contributed by atoms with Crippen LogP contribution in [0, 0.1) is 11.6 Å². The van der Waals surface area contributed by atoms with Crippen molar-refractivity contribution in [3.63, 3.8) is 0 Å². The third-order valence-corrected chi connectivity index (χ3v) is 7.97. The van der Waals surface area contributed by atoms with Crippen LogP contribution in [0.3, 0.4) is 0 Å². The van der Waals surface area contributed by atoms with Crippen LogP contribution < -0.4 is 14.4 Å². The van der Waals surface area contributed by atoms with Crippen LogP contribution in [0.25, 0.3) is 0 Å². The highest BCUT2D eigenvalue weighted by molar-refractivity contribution is 7.92. The Bertz CT molecular complexity index is 1280. The first-order valence-electron chi connectivity index (χ1n) is 9.92. The monoisotopic (exact) mass is 519 g/mol. The molecule has 0 bridgehead atoms. The normalized spacial score (nSPS) is 15.1. The summed E-state index contributed by atoms with van der Waals surface area (Å²) in [5.74, 6) is -3.19. The second-order valence-electron chi connectivity index (χ2n) is 7.29. The quantitative estimate of drug-likeness (QED) is 0.559. The Morgan fingerprint density at radius 2 is 1.76 bits per heavy atom. The molecule has 2 aromatic rings. The molecule has 10 nitrogen and oxygen atoms in total. The number of sulfonamides is 2. The average Bonchev–Trinajstić information content (AvgIpc) is 2.79. The largest absolute Gasteiger partial charge is 0.495 e. The second kappa shape index (κ2) is 10.2. The van der Waals surface area contributed by atoms with Gasteiger partial charge in [-0.25, -0.2) is 25.6 Å². The van der Waals surface area contributed by atoms with Crippen LogP contribution in [0.4, 0.5) is 20.2 Å². The lowest BCUT2D eigenvalue weighted by Crippen LogP contribution is -2.40. The fraction of sp³-hybridized carbons (Fsp3) is 0.350. The average molecular weight is 520 g/mol. The lowest BCUT2D eigenvalue weighted by Gasteiger charge is -2.26. The number of amides is 1. The van der Waals surface area contributed by atoms with Crippen molar-refractivity contribution in [2.45, 2.75) is 4.90 Å². The standard InChI is InChI=1S/C20H23F2N3O7S2/c1-31-19-6-4-15(34(29,30)24-7-9-32-10-8-24)12-18(19)23-20(26)13-25(33(2,27)28)14-3-5-16(21)17(22)11-14/h3-6,11-12H,7-10,13H2,1-2H3,(H,23,26). The van der Waals surface area contributed by atoms with Gasteiger partial charge in [0.25, 0.3) is 0 Å². The van der Waals surface area contributed by atoms with Gasteiger partial charge in [0.15, 0.2) is 11.6 Å². The summed E-state index contributed by atoms with van der Waals surface area (Å²) in [4.78, 5) is 12.6. The minimum atomic E-state index is -4.06. The van der Waals surface area contributed by atoms with Crippen LogP contribution in [0.2, 0.25) is 0 Å². The first-order chi connectivity index (χ1) is 15.9. The lowest BCUT2D eigenvalue weighted by molar-refractivity contribution is -0.114. The Morgan fingerprint density at radius 3 is 2.35 bits per heavy atom. The van der Waals surface area contributed by atoms with E-state index in [1.165, 1.54) is 29.6 Å². The van der Waals surface area contributed by atoms with E-state index in [4.69, 9.17) is 9.47 Å². The van der Waals surface area contributed by atoms with Crippen molar-refractivity contribution in [2.24, 2.45) is 0 Å². The Kier molecular flexibility index (Phi) is 7.75. The first-order valence-corrected chi connectivity index (χ1v) is 13.2. The summed E-state index contributed by atoms with van der Waals surface area (Å²) in [6.07, 6.45) is 0.803. The van der Waals surface area contributed by atoms with E-state index in [1.54, 1.807) is 0 Å². The molecule has 1 fully saturated rings. The Morgan fingerprint density at radius 1 is 1.09 bits per heavy atom. The summed E-state index contributed by atoms with van der Waals surface area (Å²) in [5, 5.41) is 2.43. The molecule has 2 aromatic carbocycles. The van der Waals surface area contributed by atoms with E-state index in [-0.39, 0.29) is 48.3 Å². The molecular weight excluding hydrogens is 496 g/mol. The maximum atomic E-state index is 13.6. The Balaban J connectivity index is 1.87. The summed E-state index contributed by atoms with van der Waals surface area (Å²) in [6.45, 7) is 0.0727. The van der Waals surface area contributed by atoms with E-state index in [2.05, 4.69) is 5.32 Å². The molecule has 0 aliphatic carbocycles. The Hall–Kier alpha value is -2.81. The number of methoxy groups -OCH3 is 1. The summed E-state index contributed by atoms with van der Waals surface area (Å²) in [5.41, 5.74) is -0.271. The van der Waals surface area contributed by atoms with E-state index in [1.807, 2.05) is 0 Å². The van der Waals surface area contributed by atoms with E-state index in [9.17, 15) is 30.4 Å². The lowest BCUT2D eigenvalue weighted by atomic mass is 10.2. The number of morpholine rings is 1. The van der Waals surface area contributed by atoms with Crippen LogP contribution in [-0.2, 0) is 29.6 Å². The van der Waals surface area contributed by atoms with Gasteiger partial charge in [-0.3, -0.25) is 9.10 Å². The molecule has 0 saturated carbocycles. The van der Waals surface area contributed by atoms with Crippen molar-refractivity contribution < 1.29 is 39.9 Å². The van der Waals surface area contributed by atoms with Crippen LogP contribution in [-0.4, -0.2) is 73.3 Å². The van der Waals surface area contributed by atoms with Crippen LogP contribution in [0.15, 0.2) is 41.3 Å². The molecule has 1 amide bonds. The molecule has 0 aromatic heterocycles. The number of benzene rings is 2. The number of halogens is 2. The molecular formula is C20H23F2N3O7S2. The molecule has 1 aliphatic heterocycles.